The molecular weight excluding hydrogens is 341 g/mol. The number of carbonyl (C=O) groups excluding carboxylic acids is 1. The Morgan fingerprint density at radius 1 is 1.16 bits per heavy atom. The number of aromatic nitrogens is 2. The molecule has 1 fully saturated rings. The van der Waals surface area contributed by atoms with Crippen molar-refractivity contribution >= 4 is 22.5 Å². The highest BCUT2D eigenvalue weighted by Gasteiger charge is 2.30. The predicted molar refractivity (Wildman–Crippen MR) is 94.3 cm³/mol. The van der Waals surface area contributed by atoms with Gasteiger partial charge in [0.15, 0.2) is 0 Å². The second-order valence-corrected chi connectivity index (χ2v) is 8.17. The van der Waals surface area contributed by atoms with Gasteiger partial charge in [0.05, 0.1) is 22.9 Å². The number of nitrogens with one attached hydrogen (secondary N) is 1. The predicted octanol–water partition coefficient (Wildman–Crippen LogP) is 3.29. The first-order valence-corrected chi connectivity index (χ1v) is 10.1. The molecule has 0 saturated heterocycles. The normalized spacial score (nSPS) is 20.4. The van der Waals surface area contributed by atoms with Crippen LogP contribution in [-0.4, -0.2) is 19.9 Å². The van der Waals surface area contributed by atoms with E-state index in [4.69, 9.17) is 0 Å². The second-order valence-electron chi connectivity index (χ2n) is 6.71. The number of hydrogen-bond donors (Lipinski definition) is 1. The van der Waals surface area contributed by atoms with Crippen LogP contribution in [0.1, 0.15) is 43.4 Å². The van der Waals surface area contributed by atoms with Gasteiger partial charge in [-0.15, -0.1) is 0 Å². The van der Waals surface area contributed by atoms with Crippen molar-refractivity contribution in [3.63, 3.8) is 0 Å². The standard InChI is InChI=1S/C18H20FN3O2S/c19-13-6-8-14(9-7-13)22-17(15-10-25(24)11-16(15)21-22)20-18(23)12-4-2-1-3-5-12/h6-9,12H,1-5,10-11H2,(H,20,23)/t25-/m1/s1. The maximum absolute atomic E-state index is 13.2. The molecule has 1 aromatic heterocycles. The Morgan fingerprint density at radius 3 is 2.60 bits per heavy atom. The fourth-order valence-corrected chi connectivity index (χ4v) is 4.87. The van der Waals surface area contributed by atoms with Crippen LogP contribution in [0.4, 0.5) is 10.2 Å². The fraction of sp³-hybridized carbons (Fsp3) is 0.444. The molecule has 132 valence electrons. The molecule has 0 radical (unpaired) electrons. The molecule has 1 N–H and O–H groups in total. The Kier molecular flexibility index (Phi) is 4.41. The molecule has 0 bridgehead atoms. The Hall–Kier alpha value is -2.02. The van der Waals surface area contributed by atoms with Gasteiger partial charge in [0.1, 0.15) is 11.6 Å². The first-order valence-electron chi connectivity index (χ1n) is 8.64. The SMILES string of the molecule is O=C(Nc1c2c(nn1-c1ccc(F)cc1)C[S@](=O)C2)C1CCCCC1. The van der Waals surface area contributed by atoms with E-state index in [1.54, 1.807) is 16.8 Å². The Labute approximate surface area is 148 Å². The van der Waals surface area contributed by atoms with Gasteiger partial charge in [-0.1, -0.05) is 19.3 Å². The molecule has 5 nitrogen and oxygen atoms in total. The molecule has 25 heavy (non-hydrogen) atoms. The topological polar surface area (TPSA) is 64.0 Å². The third-order valence-corrected chi connectivity index (χ3v) is 6.16. The van der Waals surface area contributed by atoms with Crippen LogP contribution >= 0.6 is 0 Å². The number of amides is 1. The lowest BCUT2D eigenvalue weighted by atomic mass is 9.88. The summed E-state index contributed by atoms with van der Waals surface area (Å²) in [7, 11) is -0.973. The van der Waals surface area contributed by atoms with Crippen molar-refractivity contribution in [1.29, 1.82) is 0 Å². The summed E-state index contributed by atoms with van der Waals surface area (Å²) in [5, 5.41) is 7.55. The lowest BCUT2D eigenvalue weighted by Gasteiger charge is -2.21. The number of rotatable bonds is 3. The average Bonchev–Trinajstić information content (AvgIpc) is 3.13. The zero-order valence-electron chi connectivity index (χ0n) is 13.8. The van der Waals surface area contributed by atoms with E-state index >= 15 is 0 Å². The molecular formula is C18H20FN3O2S. The number of carbonyl (C=O) groups is 1. The first-order chi connectivity index (χ1) is 12.1. The van der Waals surface area contributed by atoms with E-state index in [1.807, 2.05) is 0 Å². The third-order valence-electron chi connectivity index (χ3n) is 4.96. The monoisotopic (exact) mass is 361 g/mol. The molecule has 0 spiro atoms. The van der Waals surface area contributed by atoms with Crippen LogP contribution in [0.3, 0.4) is 0 Å². The minimum Gasteiger partial charge on any atom is -0.310 e. The van der Waals surface area contributed by atoms with Gasteiger partial charge in [0.25, 0.3) is 0 Å². The summed E-state index contributed by atoms with van der Waals surface area (Å²) >= 11 is 0. The molecule has 1 aliphatic carbocycles. The van der Waals surface area contributed by atoms with E-state index in [0.717, 1.165) is 36.9 Å². The number of anilines is 1. The number of fused-ring (bicyclic) bond motifs is 1. The maximum Gasteiger partial charge on any atom is 0.228 e. The van der Waals surface area contributed by atoms with E-state index in [-0.39, 0.29) is 17.6 Å². The summed E-state index contributed by atoms with van der Waals surface area (Å²) in [6.07, 6.45) is 5.16. The number of nitrogens with zero attached hydrogens (tertiary/aromatic N) is 2. The van der Waals surface area contributed by atoms with E-state index in [1.165, 1.54) is 18.6 Å². The largest absolute Gasteiger partial charge is 0.310 e. The summed E-state index contributed by atoms with van der Waals surface area (Å²) in [6.45, 7) is 0. The zero-order chi connectivity index (χ0) is 17.4. The maximum atomic E-state index is 13.2. The molecule has 1 amide bonds. The van der Waals surface area contributed by atoms with Gasteiger partial charge in [0.2, 0.25) is 5.91 Å². The minimum atomic E-state index is -0.973. The van der Waals surface area contributed by atoms with E-state index in [0.29, 0.717) is 23.0 Å². The van der Waals surface area contributed by atoms with Gasteiger partial charge in [0, 0.05) is 22.3 Å². The van der Waals surface area contributed by atoms with Crippen molar-refractivity contribution < 1.29 is 13.4 Å². The van der Waals surface area contributed by atoms with Crippen molar-refractivity contribution in [2.45, 2.75) is 43.6 Å². The lowest BCUT2D eigenvalue weighted by Crippen LogP contribution is -2.26. The zero-order valence-corrected chi connectivity index (χ0v) is 14.7. The van der Waals surface area contributed by atoms with Crippen molar-refractivity contribution in [2.24, 2.45) is 5.92 Å². The Balaban J connectivity index is 1.68. The van der Waals surface area contributed by atoms with Gasteiger partial charge >= 0.3 is 0 Å². The highest BCUT2D eigenvalue weighted by molar-refractivity contribution is 7.83. The molecule has 1 saturated carbocycles. The molecule has 2 aliphatic rings. The van der Waals surface area contributed by atoms with Crippen LogP contribution < -0.4 is 5.32 Å². The molecule has 1 atom stereocenters. The van der Waals surface area contributed by atoms with Crippen LogP contribution in [0, 0.1) is 11.7 Å². The van der Waals surface area contributed by atoms with Gasteiger partial charge < -0.3 is 5.32 Å². The summed E-state index contributed by atoms with van der Waals surface area (Å²) < 4.78 is 26.8. The van der Waals surface area contributed by atoms with Crippen molar-refractivity contribution in [2.75, 3.05) is 5.32 Å². The molecule has 4 rings (SSSR count). The number of benzene rings is 1. The van der Waals surface area contributed by atoms with Gasteiger partial charge in [-0.3, -0.25) is 9.00 Å². The van der Waals surface area contributed by atoms with Gasteiger partial charge in [-0.05, 0) is 37.1 Å². The molecule has 0 unspecified atom stereocenters. The van der Waals surface area contributed by atoms with Crippen molar-refractivity contribution in [3.05, 3.63) is 41.3 Å². The fourth-order valence-electron chi connectivity index (χ4n) is 3.61. The quantitative estimate of drug-likeness (QED) is 0.912. The van der Waals surface area contributed by atoms with Gasteiger partial charge in [-0.25, -0.2) is 9.07 Å². The third kappa shape index (κ3) is 3.25. The van der Waals surface area contributed by atoms with Crippen molar-refractivity contribution in [3.8, 4) is 5.69 Å². The molecule has 1 aromatic carbocycles. The molecule has 2 aromatic rings. The first kappa shape index (κ1) is 16.4. The minimum absolute atomic E-state index is 0.00319. The van der Waals surface area contributed by atoms with Crippen LogP contribution in [0.5, 0.6) is 0 Å². The van der Waals surface area contributed by atoms with E-state index in [9.17, 15) is 13.4 Å². The summed E-state index contributed by atoms with van der Waals surface area (Å²) in [5.74, 6) is 1.09. The van der Waals surface area contributed by atoms with Crippen molar-refractivity contribution in [1.82, 2.24) is 9.78 Å². The highest BCUT2D eigenvalue weighted by Crippen LogP contribution is 2.33. The summed E-state index contributed by atoms with van der Waals surface area (Å²) in [5.41, 5.74) is 2.27. The average molecular weight is 361 g/mol. The molecule has 1 aliphatic heterocycles. The molecule has 7 heteroatoms. The number of hydrogen-bond acceptors (Lipinski definition) is 3. The second kappa shape index (κ2) is 6.71. The molecule has 2 heterocycles. The van der Waals surface area contributed by atoms with E-state index in [2.05, 4.69) is 10.4 Å². The smallest absolute Gasteiger partial charge is 0.228 e. The van der Waals surface area contributed by atoms with Crippen LogP contribution in [0.25, 0.3) is 5.69 Å². The van der Waals surface area contributed by atoms with Crippen LogP contribution in [0.2, 0.25) is 0 Å². The lowest BCUT2D eigenvalue weighted by molar-refractivity contribution is -0.120. The summed E-state index contributed by atoms with van der Waals surface area (Å²) in [6, 6.07) is 6.00. The van der Waals surface area contributed by atoms with Crippen LogP contribution in [-0.2, 0) is 27.1 Å². The Morgan fingerprint density at radius 2 is 1.88 bits per heavy atom. The Bertz CT molecular complexity index is 826. The number of halogens is 1. The summed E-state index contributed by atoms with van der Waals surface area (Å²) in [4.78, 5) is 12.7. The van der Waals surface area contributed by atoms with Crippen LogP contribution in [0.15, 0.2) is 24.3 Å². The highest BCUT2D eigenvalue weighted by atomic mass is 32.2. The van der Waals surface area contributed by atoms with Gasteiger partial charge in [-0.2, -0.15) is 5.10 Å². The van der Waals surface area contributed by atoms with E-state index < -0.39 is 10.8 Å².